The predicted molar refractivity (Wildman–Crippen MR) is 89.2 cm³/mol. The largest absolute Gasteiger partial charge is 0.456 e. The molecule has 2 N–H and O–H groups in total. The molecule has 0 unspecified atom stereocenters. The summed E-state index contributed by atoms with van der Waals surface area (Å²) in [6.07, 6.45) is 0. The molecule has 0 bridgehead atoms. The van der Waals surface area contributed by atoms with E-state index in [1.165, 1.54) is 14.2 Å². The van der Waals surface area contributed by atoms with Crippen molar-refractivity contribution in [3.8, 4) is 0 Å². The smallest absolute Gasteiger partial charge is 0.326 e. The summed E-state index contributed by atoms with van der Waals surface area (Å²) in [7, 11) is -0.972. The fraction of sp³-hybridized carbons (Fsp3) is 0.133. The minimum absolute atomic E-state index is 0.268. The summed E-state index contributed by atoms with van der Waals surface area (Å²) in [6, 6.07) is 18.8. The van der Waals surface area contributed by atoms with Crippen LogP contribution < -0.4 is 10.6 Å². The lowest BCUT2D eigenvalue weighted by Gasteiger charge is -2.15. The Morgan fingerprint density at radius 2 is 1.27 bits per heavy atom. The van der Waals surface area contributed by atoms with Gasteiger partial charge in [0.2, 0.25) is 5.96 Å². The van der Waals surface area contributed by atoms with Gasteiger partial charge < -0.3 is 10.6 Å². The highest BCUT2D eigenvalue weighted by Crippen LogP contribution is 2.48. The van der Waals surface area contributed by atoms with Gasteiger partial charge in [0.25, 0.3) is 0 Å². The van der Waals surface area contributed by atoms with Crippen LogP contribution in [0.15, 0.2) is 65.4 Å². The third-order valence-electron chi connectivity index (χ3n) is 2.76. The highest BCUT2D eigenvalue weighted by Gasteiger charge is 2.21. The van der Waals surface area contributed by atoms with Crippen molar-refractivity contribution < 1.29 is 13.6 Å². The van der Waals surface area contributed by atoms with E-state index in [9.17, 15) is 4.57 Å². The molecule has 2 aromatic carbocycles. The summed E-state index contributed by atoms with van der Waals surface area (Å²) in [5.74, 6) is 0.268. The average molecular weight is 319 g/mol. The molecule has 0 radical (unpaired) electrons. The molecule has 2 rings (SSSR count). The molecule has 116 valence electrons. The van der Waals surface area contributed by atoms with E-state index >= 15 is 0 Å². The van der Waals surface area contributed by atoms with Crippen LogP contribution >= 0.6 is 7.75 Å². The highest BCUT2D eigenvalue weighted by molar-refractivity contribution is 7.52. The van der Waals surface area contributed by atoms with E-state index in [1.54, 1.807) is 0 Å². The minimum atomic E-state index is -3.55. The van der Waals surface area contributed by atoms with Gasteiger partial charge in [-0.05, 0) is 24.3 Å². The molecule has 0 atom stereocenters. The SMILES string of the molecule is COP(=O)(N=C(Nc1ccccc1)Nc1ccccc1)OC. The number of benzene rings is 2. The number of rotatable bonds is 5. The number of para-hydroxylation sites is 2. The van der Waals surface area contributed by atoms with Gasteiger partial charge in [-0.1, -0.05) is 36.4 Å². The van der Waals surface area contributed by atoms with Crippen LogP contribution in [0.1, 0.15) is 0 Å². The fourth-order valence-corrected chi connectivity index (χ4v) is 2.33. The van der Waals surface area contributed by atoms with E-state index in [0.717, 1.165) is 11.4 Å². The Labute approximate surface area is 129 Å². The second kappa shape index (κ2) is 7.75. The molecular weight excluding hydrogens is 301 g/mol. The topological polar surface area (TPSA) is 72.0 Å². The van der Waals surface area contributed by atoms with Crippen molar-refractivity contribution >= 4 is 25.1 Å². The zero-order valence-electron chi connectivity index (χ0n) is 12.4. The van der Waals surface area contributed by atoms with E-state index in [1.807, 2.05) is 60.7 Å². The summed E-state index contributed by atoms with van der Waals surface area (Å²) in [4.78, 5) is 0. The van der Waals surface area contributed by atoms with Gasteiger partial charge in [-0.2, -0.15) is 0 Å². The lowest BCUT2D eigenvalue weighted by molar-refractivity contribution is 0.277. The van der Waals surface area contributed by atoms with Crippen molar-refractivity contribution in [2.75, 3.05) is 24.9 Å². The van der Waals surface area contributed by atoms with Gasteiger partial charge in [-0.3, -0.25) is 9.05 Å². The van der Waals surface area contributed by atoms with Gasteiger partial charge in [-0.25, -0.2) is 4.57 Å². The molecule has 0 saturated carbocycles. The molecule has 0 aromatic heterocycles. The van der Waals surface area contributed by atoms with Crippen LogP contribution in [0.25, 0.3) is 0 Å². The second-order valence-corrected chi connectivity index (χ2v) is 6.13. The van der Waals surface area contributed by atoms with Crippen LogP contribution in [0.5, 0.6) is 0 Å². The summed E-state index contributed by atoms with van der Waals surface area (Å²) in [5, 5.41) is 6.12. The minimum Gasteiger partial charge on any atom is -0.326 e. The first-order valence-electron chi connectivity index (χ1n) is 6.61. The Balaban J connectivity index is 2.28. The number of hydrogen-bond acceptors (Lipinski definition) is 3. The Bertz CT molecular complexity index is 611. The molecule has 0 amide bonds. The van der Waals surface area contributed by atoms with Crippen molar-refractivity contribution in [1.29, 1.82) is 0 Å². The van der Waals surface area contributed by atoms with Crippen LogP contribution in [0.4, 0.5) is 11.4 Å². The van der Waals surface area contributed by atoms with Crippen LogP contribution in [-0.4, -0.2) is 20.2 Å². The van der Waals surface area contributed by atoms with Crippen molar-refractivity contribution in [3.63, 3.8) is 0 Å². The Hall–Kier alpha value is -2.14. The van der Waals surface area contributed by atoms with E-state index < -0.39 is 7.75 Å². The Morgan fingerprint density at radius 1 is 0.864 bits per heavy atom. The number of anilines is 2. The maximum Gasteiger partial charge on any atom is 0.456 e. The molecule has 2 aromatic rings. The highest BCUT2D eigenvalue weighted by atomic mass is 31.2. The van der Waals surface area contributed by atoms with Crippen molar-refractivity contribution in [2.24, 2.45) is 4.76 Å². The van der Waals surface area contributed by atoms with E-state index in [-0.39, 0.29) is 5.96 Å². The third-order valence-corrected chi connectivity index (χ3v) is 4.12. The summed E-state index contributed by atoms with van der Waals surface area (Å²) in [6.45, 7) is 0. The van der Waals surface area contributed by atoms with Gasteiger partial charge in [0.05, 0.1) is 0 Å². The van der Waals surface area contributed by atoms with E-state index in [4.69, 9.17) is 9.05 Å². The summed E-state index contributed by atoms with van der Waals surface area (Å²) >= 11 is 0. The summed E-state index contributed by atoms with van der Waals surface area (Å²) < 4.78 is 26.0. The van der Waals surface area contributed by atoms with E-state index in [0.29, 0.717) is 0 Å². The lowest BCUT2D eigenvalue weighted by atomic mass is 10.3. The zero-order valence-corrected chi connectivity index (χ0v) is 13.3. The van der Waals surface area contributed by atoms with Crippen LogP contribution in [0.3, 0.4) is 0 Å². The van der Waals surface area contributed by atoms with E-state index in [2.05, 4.69) is 15.4 Å². The first kappa shape index (κ1) is 16.2. The number of guanidine groups is 1. The standard InChI is InChI=1S/C15H18N3O3P/c1-20-22(19,21-2)18-15(16-13-9-5-3-6-10-13)17-14-11-7-4-8-12-14/h3-12H,1-2H3,(H2,16,17,18,19). The first-order valence-corrected chi connectivity index (χ1v) is 8.10. The van der Waals surface area contributed by atoms with Gasteiger partial charge >= 0.3 is 7.75 Å². The number of nitrogens with zero attached hydrogens (tertiary/aromatic N) is 1. The van der Waals surface area contributed by atoms with Crippen LogP contribution in [-0.2, 0) is 13.6 Å². The molecule has 0 aliphatic carbocycles. The molecule has 0 aliphatic heterocycles. The molecular formula is C15H18N3O3P. The quantitative estimate of drug-likeness (QED) is 0.496. The molecule has 7 heteroatoms. The van der Waals surface area contributed by atoms with Crippen molar-refractivity contribution in [1.82, 2.24) is 0 Å². The molecule has 0 spiro atoms. The molecule has 0 aliphatic rings. The lowest BCUT2D eigenvalue weighted by Crippen LogP contribution is -2.22. The molecule has 0 fully saturated rings. The predicted octanol–water partition coefficient (Wildman–Crippen LogP) is 3.97. The van der Waals surface area contributed by atoms with Gasteiger partial charge in [-0.15, -0.1) is 4.76 Å². The zero-order chi connectivity index (χ0) is 15.8. The number of nitrogens with one attached hydrogen (secondary N) is 2. The molecule has 0 heterocycles. The second-order valence-electron chi connectivity index (χ2n) is 4.26. The molecule has 22 heavy (non-hydrogen) atoms. The number of hydrogen-bond donors (Lipinski definition) is 2. The van der Waals surface area contributed by atoms with Gasteiger partial charge in [0.1, 0.15) is 0 Å². The normalized spacial score (nSPS) is 10.8. The maximum atomic E-state index is 12.2. The van der Waals surface area contributed by atoms with Gasteiger partial charge in [0.15, 0.2) is 0 Å². The summed E-state index contributed by atoms with van der Waals surface area (Å²) in [5.41, 5.74) is 1.59. The fourth-order valence-electron chi connectivity index (χ4n) is 1.68. The maximum absolute atomic E-state index is 12.2. The monoisotopic (exact) mass is 319 g/mol. The third kappa shape index (κ3) is 4.70. The van der Waals surface area contributed by atoms with Crippen LogP contribution in [0.2, 0.25) is 0 Å². The van der Waals surface area contributed by atoms with Crippen molar-refractivity contribution in [3.05, 3.63) is 60.7 Å². The first-order chi connectivity index (χ1) is 10.6. The molecule has 0 saturated heterocycles. The Kier molecular flexibility index (Phi) is 5.72. The average Bonchev–Trinajstić information content (AvgIpc) is 2.56. The molecule has 6 nitrogen and oxygen atoms in total. The Morgan fingerprint density at radius 3 is 1.64 bits per heavy atom. The van der Waals surface area contributed by atoms with Crippen LogP contribution in [0, 0.1) is 0 Å². The van der Waals surface area contributed by atoms with Gasteiger partial charge in [0, 0.05) is 25.6 Å². The van der Waals surface area contributed by atoms with Crippen molar-refractivity contribution in [2.45, 2.75) is 0 Å².